The first-order chi connectivity index (χ1) is 9.19. The molecule has 0 saturated heterocycles. The Labute approximate surface area is 110 Å². The van der Waals surface area contributed by atoms with Crippen LogP contribution >= 0.6 is 0 Å². The van der Waals surface area contributed by atoms with Crippen LogP contribution in [0.5, 0.6) is 5.75 Å². The monoisotopic (exact) mass is 263 g/mol. The van der Waals surface area contributed by atoms with Gasteiger partial charge >= 0.3 is 0 Å². The van der Waals surface area contributed by atoms with Crippen molar-refractivity contribution in [1.29, 1.82) is 0 Å². The standard InChI is InChI=1S/C15H15F2NO/c16-13-3-1-2-11(8-13)10-19-15-5-4-14(17)9-12(15)6-7-18/h1-5,8-9H,6-7,10,18H2. The third-order valence-electron chi connectivity index (χ3n) is 2.72. The van der Waals surface area contributed by atoms with Crippen LogP contribution in [0.15, 0.2) is 42.5 Å². The van der Waals surface area contributed by atoms with Gasteiger partial charge in [-0.3, -0.25) is 0 Å². The summed E-state index contributed by atoms with van der Waals surface area (Å²) in [4.78, 5) is 0. The lowest BCUT2D eigenvalue weighted by Gasteiger charge is -2.11. The molecule has 0 aliphatic carbocycles. The third-order valence-corrected chi connectivity index (χ3v) is 2.72. The average Bonchev–Trinajstić information content (AvgIpc) is 2.38. The molecule has 0 saturated carbocycles. The van der Waals surface area contributed by atoms with Crippen molar-refractivity contribution in [2.24, 2.45) is 5.73 Å². The lowest BCUT2D eigenvalue weighted by molar-refractivity contribution is 0.302. The van der Waals surface area contributed by atoms with Gasteiger partial charge in [0, 0.05) is 0 Å². The summed E-state index contributed by atoms with van der Waals surface area (Å²) in [5.74, 6) is -0.0416. The summed E-state index contributed by atoms with van der Waals surface area (Å²) < 4.78 is 31.8. The summed E-state index contributed by atoms with van der Waals surface area (Å²) in [6.07, 6.45) is 0.538. The van der Waals surface area contributed by atoms with E-state index in [1.54, 1.807) is 18.2 Å². The molecule has 100 valence electrons. The molecule has 19 heavy (non-hydrogen) atoms. The van der Waals surface area contributed by atoms with Crippen LogP contribution in [0.4, 0.5) is 8.78 Å². The molecule has 0 atom stereocenters. The highest BCUT2D eigenvalue weighted by molar-refractivity contribution is 5.34. The molecule has 0 aliphatic rings. The van der Waals surface area contributed by atoms with Crippen LogP contribution in [0.3, 0.4) is 0 Å². The van der Waals surface area contributed by atoms with E-state index in [2.05, 4.69) is 0 Å². The maximum Gasteiger partial charge on any atom is 0.123 e. The Balaban J connectivity index is 2.10. The first kappa shape index (κ1) is 13.5. The van der Waals surface area contributed by atoms with Gasteiger partial charge in [0.1, 0.15) is 24.0 Å². The van der Waals surface area contributed by atoms with Gasteiger partial charge in [-0.25, -0.2) is 8.78 Å². The normalized spacial score (nSPS) is 10.5. The Morgan fingerprint density at radius 3 is 2.53 bits per heavy atom. The average molecular weight is 263 g/mol. The lowest BCUT2D eigenvalue weighted by Crippen LogP contribution is -2.06. The SMILES string of the molecule is NCCc1cc(F)ccc1OCc1cccc(F)c1. The van der Waals surface area contributed by atoms with Crippen molar-refractivity contribution in [2.45, 2.75) is 13.0 Å². The lowest BCUT2D eigenvalue weighted by atomic mass is 10.1. The Kier molecular flexibility index (Phi) is 4.47. The molecule has 0 heterocycles. The summed E-state index contributed by atoms with van der Waals surface area (Å²) in [5.41, 5.74) is 6.93. The first-order valence-corrected chi connectivity index (χ1v) is 6.05. The minimum absolute atomic E-state index is 0.237. The number of hydrogen-bond donors (Lipinski definition) is 1. The predicted molar refractivity (Wildman–Crippen MR) is 69.9 cm³/mol. The van der Waals surface area contributed by atoms with Crippen LogP contribution in [0.1, 0.15) is 11.1 Å². The highest BCUT2D eigenvalue weighted by Gasteiger charge is 2.05. The van der Waals surface area contributed by atoms with E-state index in [0.717, 1.165) is 11.1 Å². The van der Waals surface area contributed by atoms with Crippen LogP contribution in [-0.2, 0) is 13.0 Å². The minimum atomic E-state index is -0.318. The number of halogens is 2. The molecule has 2 nitrogen and oxygen atoms in total. The largest absolute Gasteiger partial charge is 0.489 e. The Morgan fingerprint density at radius 1 is 1.00 bits per heavy atom. The third kappa shape index (κ3) is 3.76. The van der Waals surface area contributed by atoms with Crippen molar-refractivity contribution >= 4 is 0 Å². The zero-order valence-electron chi connectivity index (χ0n) is 10.4. The Hall–Kier alpha value is -1.94. The molecule has 0 aliphatic heterocycles. The van der Waals surface area contributed by atoms with Crippen molar-refractivity contribution < 1.29 is 13.5 Å². The van der Waals surface area contributed by atoms with Gasteiger partial charge in [-0.1, -0.05) is 12.1 Å². The topological polar surface area (TPSA) is 35.2 Å². The van der Waals surface area contributed by atoms with E-state index in [1.165, 1.54) is 24.3 Å². The van der Waals surface area contributed by atoms with Crippen LogP contribution in [-0.4, -0.2) is 6.54 Å². The van der Waals surface area contributed by atoms with Crippen LogP contribution < -0.4 is 10.5 Å². The molecule has 2 aromatic rings. The molecule has 0 bridgehead atoms. The van der Waals surface area contributed by atoms with Crippen molar-refractivity contribution in [3.8, 4) is 5.75 Å². The molecule has 0 amide bonds. The quantitative estimate of drug-likeness (QED) is 0.899. The van der Waals surface area contributed by atoms with Gasteiger partial charge in [0.05, 0.1) is 0 Å². The summed E-state index contributed by atoms with van der Waals surface area (Å²) in [6, 6.07) is 10.5. The summed E-state index contributed by atoms with van der Waals surface area (Å²) in [7, 11) is 0. The maximum atomic E-state index is 13.1. The molecule has 0 aromatic heterocycles. The Bertz CT molecular complexity index is 558. The number of nitrogens with two attached hydrogens (primary N) is 1. The second-order valence-electron chi connectivity index (χ2n) is 4.21. The molecule has 0 fully saturated rings. The van der Waals surface area contributed by atoms with E-state index >= 15 is 0 Å². The van der Waals surface area contributed by atoms with Gasteiger partial charge in [-0.05, 0) is 54.4 Å². The van der Waals surface area contributed by atoms with Crippen molar-refractivity contribution in [2.75, 3.05) is 6.54 Å². The van der Waals surface area contributed by atoms with E-state index in [4.69, 9.17) is 10.5 Å². The van der Waals surface area contributed by atoms with E-state index in [9.17, 15) is 8.78 Å². The molecule has 2 N–H and O–H groups in total. The zero-order valence-corrected chi connectivity index (χ0v) is 10.4. The van der Waals surface area contributed by atoms with Crippen LogP contribution in [0, 0.1) is 11.6 Å². The second-order valence-corrected chi connectivity index (χ2v) is 4.21. The molecule has 4 heteroatoms. The fourth-order valence-corrected chi connectivity index (χ4v) is 1.83. The van der Waals surface area contributed by atoms with Crippen LogP contribution in [0.25, 0.3) is 0 Å². The number of ether oxygens (including phenoxy) is 1. The molecule has 2 aromatic carbocycles. The van der Waals surface area contributed by atoms with Gasteiger partial charge in [0.25, 0.3) is 0 Å². The molecule has 0 spiro atoms. The van der Waals surface area contributed by atoms with E-state index in [0.29, 0.717) is 18.7 Å². The van der Waals surface area contributed by atoms with E-state index < -0.39 is 0 Å². The second kappa shape index (κ2) is 6.29. The fourth-order valence-electron chi connectivity index (χ4n) is 1.83. The first-order valence-electron chi connectivity index (χ1n) is 6.05. The van der Waals surface area contributed by atoms with Gasteiger partial charge in [0.15, 0.2) is 0 Å². The number of hydrogen-bond acceptors (Lipinski definition) is 2. The molecular weight excluding hydrogens is 248 g/mol. The Morgan fingerprint density at radius 2 is 1.79 bits per heavy atom. The summed E-state index contributed by atoms with van der Waals surface area (Å²) in [6.45, 7) is 0.654. The van der Waals surface area contributed by atoms with Gasteiger partial charge in [-0.15, -0.1) is 0 Å². The molecule has 0 radical (unpaired) electrons. The van der Waals surface area contributed by atoms with Gasteiger partial charge < -0.3 is 10.5 Å². The fraction of sp³-hybridized carbons (Fsp3) is 0.200. The predicted octanol–water partition coefficient (Wildman–Crippen LogP) is 3.05. The summed E-state index contributed by atoms with van der Waals surface area (Å²) in [5, 5.41) is 0. The molecule has 2 rings (SSSR count). The summed E-state index contributed by atoms with van der Waals surface area (Å²) >= 11 is 0. The number of rotatable bonds is 5. The van der Waals surface area contributed by atoms with Crippen molar-refractivity contribution in [3.05, 3.63) is 65.2 Å². The minimum Gasteiger partial charge on any atom is -0.489 e. The van der Waals surface area contributed by atoms with E-state index in [-0.39, 0.29) is 18.2 Å². The highest BCUT2D eigenvalue weighted by atomic mass is 19.1. The molecular formula is C15H15F2NO. The van der Waals surface area contributed by atoms with Crippen molar-refractivity contribution in [3.63, 3.8) is 0 Å². The number of benzene rings is 2. The smallest absolute Gasteiger partial charge is 0.123 e. The van der Waals surface area contributed by atoms with Crippen LogP contribution in [0.2, 0.25) is 0 Å². The maximum absolute atomic E-state index is 13.1. The highest BCUT2D eigenvalue weighted by Crippen LogP contribution is 2.21. The molecule has 0 unspecified atom stereocenters. The van der Waals surface area contributed by atoms with Crippen molar-refractivity contribution in [1.82, 2.24) is 0 Å². The van der Waals surface area contributed by atoms with Gasteiger partial charge in [0.2, 0.25) is 0 Å². The van der Waals surface area contributed by atoms with Gasteiger partial charge in [-0.2, -0.15) is 0 Å². The zero-order chi connectivity index (χ0) is 13.7. The van der Waals surface area contributed by atoms with E-state index in [1.807, 2.05) is 0 Å².